The van der Waals surface area contributed by atoms with E-state index in [9.17, 15) is 4.79 Å². The molecular formula is C23H25N5O5. The van der Waals surface area contributed by atoms with Crippen LogP contribution < -0.4 is 29.6 Å². The molecule has 3 heterocycles. The third-order valence-electron chi connectivity index (χ3n) is 4.85. The van der Waals surface area contributed by atoms with Crippen molar-refractivity contribution in [3.05, 3.63) is 36.4 Å². The molecule has 10 heteroatoms. The van der Waals surface area contributed by atoms with Crippen molar-refractivity contribution in [2.45, 2.75) is 6.08 Å². The molecule has 2 aliphatic rings. The molecule has 0 bridgehead atoms. The summed E-state index contributed by atoms with van der Waals surface area (Å²) < 4.78 is 99.5. The van der Waals surface area contributed by atoms with E-state index in [0.29, 0.717) is 0 Å². The number of para-hydroxylation sites is 2. The monoisotopic (exact) mass is 460 g/mol. The van der Waals surface area contributed by atoms with Crippen molar-refractivity contribution in [1.82, 2.24) is 14.9 Å². The number of amides is 1. The number of nitrogens with zero attached hydrogens (tertiary/aromatic N) is 4. The first-order chi connectivity index (χ1) is 19.4. The Hall–Kier alpha value is -3.95. The van der Waals surface area contributed by atoms with Gasteiger partial charge in [0.05, 0.1) is 32.1 Å². The molecule has 1 unspecified atom stereocenters. The van der Waals surface area contributed by atoms with Crippen LogP contribution in [-0.2, 0) is 4.79 Å². The van der Waals surface area contributed by atoms with Gasteiger partial charge in [-0.25, -0.2) is 4.98 Å². The zero-order valence-corrected chi connectivity index (χ0v) is 17.6. The molecule has 3 aromatic rings. The molecule has 0 radical (unpaired) electrons. The number of ether oxygens (including phenoxy) is 4. The molecule has 172 valence electrons. The van der Waals surface area contributed by atoms with E-state index in [-0.39, 0.29) is 49.5 Å². The Kier molecular flexibility index (Phi) is 3.34. The minimum absolute atomic E-state index is 0.0258. The van der Waals surface area contributed by atoms with E-state index in [1.807, 2.05) is 0 Å². The SMILES string of the molecule is [2H]C1(C(=O)N2C([2H])([2H])C([2H])([2H])N(c3nc(N)c4cc(OC)c(OC)cc4n3)C([2H])([2H])C2([2H])[2H])COc2ccccc2O1. The average Bonchev–Trinajstić information content (AvgIpc) is 2.91. The van der Waals surface area contributed by atoms with Gasteiger partial charge in [0.1, 0.15) is 12.4 Å². The van der Waals surface area contributed by atoms with Gasteiger partial charge in [0.25, 0.3) is 5.91 Å². The van der Waals surface area contributed by atoms with Gasteiger partial charge in [0, 0.05) is 37.4 Å². The molecule has 5 rings (SSSR count). The van der Waals surface area contributed by atoms with Crippen LogP contribution in [0.15, 0.2) is 36.4 Å². The summed E-state index contributed by atoms with van der Waals surface area (Å²) in [5.41, 5.74) is 6.12. The van der Waals surface area contributed by atoms with Crippen LogP contribution >= 0.6 is 0 Å². The number of carbonyl (C=O) groups is 1. The number of nitrogens with two attached hydrogens (primary N) is 1. The van der Waals surface area contributed by atoms with Crippen molar-refractivity contribution >= 4 is 28.6 Å². The second-order valence-corrected chi connectivity index (χ2v) is 6.82. The van der Waals surface area contributed by atoms with E-state index in [1.54, 1.807) is 6.07 Å². The number of benzene rings is 2. The third kappa shape index (κ3) is 3.88. The van der Waals surface area contributed by atoms with Crippen LogP contribution in [0.2, 0.25) is 0 Å². The molecule has 2 N–H and O–H groups in total. The van der Waals surface area contributed by atoms with Gasteiger partial charge in [0.15, 0.2) is 23.0 Å². The number of hydrogen-bond donors (Lipinski definition) is 1. The first-order valence-electron chi connectivity index (χ1n) is 14.2. The van der Waals surface area contributed by atoms with Gasteiger partial charge in [-0.15, -0.1) is 0 Å². The number of nitrogen functional groups attached to an aromatic ring is 1. The Labute approximate surface area is 203 Å². The molecule has 0 spiro atoms. The largest absolute Gasteiger partial charge is 0.493 e. The van der Waals surface area contributed by atoms with E-state index >= 15 is 0 Å². The molecule has 1 fully saturated rings. The van der Waals surface area contributed by atoms with E-state index in [4.69, 9.17) is 37.0 Å². The number of piperazine rings is 1. The molecule has 1 aromatic heterocycles. The van der Waals surface area contributed by atoms with Gasteiger partial charge < -0.3 is 34.5 Å². The van der Waals surface area contributed by atoms with Crippen molar-refractivity contribution in [2.24, 2.45) is 0 Å². The van der Waals surface area contributed by atoms with Crippen molar-refractivity contribution in [3.8, 4) is 23.0 Å². The van der Waals surface area contributed by atoms with Crippen molar-refractivity contribution in [1.29, 1.82) is 0 Å². The molecule has 2 aliphatic heterocycles. The Morgan fingerprint density at radius 2 is 1.82 bits per heavy atom. The fourth-order valence-electron chi connectivity index (χ4n) is 3.21. The Morgan fingerprint density at radius 1 is 1.12 bits per heavy atom. The topological polar surface area (TPSA) is 112 Å². The Bertz CT molecular complexity index is 1570. The maximum Gasteiger partial charge on any atom is 0.267 e. The summed E-state index contributed by atoms with van der Waals surface area (Å²) in [6.45, 7) is -15.2. The fraction of sp³-hybridized carbons (Fsp3) is 0.348. The number of methoxy groups -OCH3 is 2. The van der Waals surface area contributed by atoms with Crippen LogP contribution in [-0.4, -0.2) is 73.7 Å². The summed E-state index contributed by atoms with van der Waals surface area (Å²) in [5, 5.41) is 0.211. The van der Waals surface area contributed by atoms with E-state index in [2.05, 4.69) is 9.97 Å². The maximum atomic E-state index is 13.7. The molecule has 33 heavy (non-hydrogen) atoms. The predicted molar refractivity (Wildman–Crippen MR) is 122 cm³/mol. The molecule has 1 saturated heterocycles. The van der Waals surface area contributed by atoms with E-state index < -0.39 is 50.5 Å². The summed E-state index contributed by atoms with van der Waals surface area (Å²) in [4.78, 5) is 21.6. The highest BCUT2D eigenvalue weighted by Gasteiger charge is 2.33. The second-order valence-electron chi connectivity index (χ2n) is 6.82. The highest BCUT2D eigenvalue weighted by Crippen LogP contribution is 2.34. The van der Waals surface area contributed by atoms with Crippen LogP contribution in [0.4, 0.5) is 11.8 Å². The Balaban J connectivity index is 1.64. The van der Waals surface area contributed by atoms with Crippen LogP contribution in [0, 0.1) is 0 Å². The molecule has 0 aliphatic carbocycles. The van der Waals surface area contributed by atoms with E-state index in [0.717, 1.165) is 0 Å². The van der Waals surface area contributed by atoms with Gasteiger partial charge in [-0.1, -0.05) is 12.1 Å². The number of hydrogen-bond acceptors (Lipinski definition) is 9. The van der Waals surface area contributed by atoms with Crippen molar-refractivity contribution < 1.29 is 36.1 Å². The summed E-state index contributed by atoms with van der Waals surface area (Å²) in [5.74, 6) is -2.24. The van der Waals surface area contributed by atoms with Crippen LogP contribution in [0.1, 0.15) is 12.3 Å². The normalized spacial score (nSPS) is 30.1. The molecule has 0 saturated carbocycles. The first-order valence-corrected chi connectivity index (χ1v) is 9.69. The molecular weight excluding hydrogens is 426 g/mol. The van der Waals surface area contributed by atoms with Gasteiger partial charge in [-0.2, -0.15) is 4.98 Å². The third-order valence-corrected chi connectivity index (χ3v) is 4.85. The maximum absolute atomic E-state index is 13.7. The molecule has 2 aromatic carbocycles. The lowest BCUT2D eigenvalue weighted by Crippen LogP contribution is -2.54. The second kappa shape index (κ2) is 8.53. The number of fused-ring (bicyclic) bond motifs is 2. The minimum Gasteiger partial charge on any atom is -0.493 e. The van der Waals surface area contributed by atoms with E-state index in [1.165, 1.54) is 44.6 Å². The minimum atomic E-state index is -3.64. The predicted octanol–water partition coefficient (Wildman–Crippen LogP) is 1.72. The van der Waals surface area contributed by atoms with Crippen molar-refractivity contribution in [3.63, 3.8) is 0 Å². The quantitative estimate of drug-likeness (QED) is 0.622. The lowest BCUT2D eigenvalue weighted by molar-refractivity contribution is -0.141. The molecule has 10 nitrogen and oxygen atoms in total. The summed E-state index contributed by atoms with van der Waals surface area (Å²) in [7, 11) is 2.73. The smallest absolute Gasteiger partial charge is 0.267 e. The number of rotatable bonds is 4. The van der Waals surface area contributed by atoms with Gasteiger partial charge >= 0.3 is 0 Å². The molecule has 1 atom stereocenters. The van der Waals surface area contributed by atoms with Gasteiger partial charge in [-0.05, 0) is 18.2 Å². The number of anilines is 2. The van der Waals surface area contributed by atoms with Crippen LogP contribution in [0.5, 0.6) is 23.0 Å². The molecule has 1 amide bonds. The lowest BCUT2D eigenvalue weighted by atomic mass is 10.2. The zero-order chi connectivity index (χ0) is 31.0. The summed E-state index contributed by atoms with van der Waals surface area (Å²) in [6.07, 6.45) is -2.79. The van der Waals surface area contributed by atoms with Gasteiger partial charge in [-0.3, -0.25) is 4.79 Å². The number of aromatic nitrogens is 2. The van der Waals surface area contributed by atoms with Gasteiger partial charge in [0.2, 0.25) is 12.0 Å². The average molecular weight is 461 g/mol. The lowest BCUT2D eigenvalue weighted by Gasteiger charge is -2.37. The standard InChI is InChI=1S/C23H25N5O5/c1-30-18-11-14-15(12-19(18)31-2)25-23(26-21(14)24)28-9-7-27(8-10-28)22(29)20-13-32-16-5-3-4-6-17(16)33-20/h3-6,11-12,20H,7-10,13H2,1-2H3,(H2,24,25,26)/i7D2,8D2,9D2,10D2,20D. The summed E-state index contributed by atoms with van der Waals surface area (Å²) >= 11 is 0. The zero-order valence-electron chi connectivity index (χ0n) is 26.6. The fourth-order valence-corrected chi connectivity index (χ4v) is 3.21. The number of carbonyl (C=O) groups excluding carboxylic acids is 1. The summed E-state index contributed by atoms with van der Waals surface area (Å²) in [6, 6.07) is 8.78. The van der Waals surface area contributed by atoms with Crippen LogP contribution in [0.25, 0.3) is 10.9 Å². The van der Waals surface area contributed by atoms with Crippen molar-refractivity contribution in [2.75, 3.05) is 57.4 Å². The Morgan fingerprint density at radius 3 is 2.55 bits per heavy atom. The van der Waals surface area contributed by atoms with Crippen LogP contribution in [0.3, 0.4) is 0 Å². The first kappa shape index (κ1) is 12.9. The highest BCUT2D eigenvalue weighted by atomic mass is 16.6. The highest BCUT2D eigenvalue weighted by molar-refractivity contribution is 5.91.